The monoisotopic (exact) mass is 424 g/mol. The van der Waals surface area contributed by atoms with E-state index in [0.29, 0.717) is 33.0 Å². The lowest BCUT2D eigenvalue weighted by molar-refractivity contribution is 0.0953. The van der Waals surface area contributed by atoms with Crippen LogP contribution in [0.4, 0.5) is 0 Å². The fourth-order valence-corrected chi connectivity index (χ4v) is 4.20. The van der Waals surface area contributed by atoms with Crippen molar-refractivity contribution in [1.29, 1.82) is 0 Å². The van der Waals surface area contributed by atoms with Crippen molar-refractivity contribution in [2.24, 2.45) is 0 Å². The van der Waals surface area contributed by atoms with Gasteiger partial charge in [-0.05, 0) is 47.5 Å². The van der Waals surface area contributed by atoms with Gasteiger partial charge in [0.15, 0.2) is 0 Å². The molecule has 3 heterocycles. The third kappa shape index (κ3) is 3.96. The van der Waals surface area contributed by atoms with E-state index in [4.69, 9.17) is 0 Å². The summed E-state index contributed by atoms with van der Waals surface area (Å²) in [5.41, 5.74) is 3.55. The molecule has 0 aliphatic rings. The number of carbonyl (C=O) groups excluding carboxylic acids is 2. The average molecular weight is 425 g/mol. The van der Waals surface area contributed by atoms with Crippen molar-refractivity contribution < 1.29 is 9.59 Å². The molecule has 9 heteroatoms. The minimum absolute atomic E-state index is 0.131. The average Bonchev–Trinajstić information content (AvgIpc) is 3.41. The van der Waals surface area contributed by atoms with Crippen molar-refractivity contribution >= 4 is 44.7 Å². The standard InChI is InChI=1S/C20H16N4O3S2/c1-12-22-19-15(8-10-29-19)20(27)24(12)23-17(25)14-6-4-13(5-7-14)11-21-18(26)16-3-2-9-28-16/h2-10H,11H2,1H3,(H,21,26)(H,23,25). The van der Waals surface area contributed by atoms with E-state index in [2.05, 4.69) is 15.7 Å². The maximum Gasteiger partial charge on any atom is 0.281 e. The fraction of sp³-hybridized carbons (Fsp3) is 0.100. The van der Waals surface area contributed by atoms with Crippen molar-refractivity contribution in [1.82, 2.24) is 15.0 Å². The van der Waals surface area contributed by atoms with E-state index in [1.54, 1.807) is 48.7 Å². The van der Waals surface area contributed by atoms with Gasteiger partial charge in [-0.15, -0.1) is 22.7 Å². The zero-order valence-corrected chi connectivity index (χ0v) is 17.0. The highest BCUT2D eigenvalue weighted by atomic mass is 32.1. The van der Waals surface area contributed by atoms with Crippen molar-refractivity contribution in [3.63, 3.8) is 0 Å². The predicted octanol–water partition coefficient (Wildman–Crippen LogP) is 3.14. The molecule has 2 N–H and O–H groups in total. The first-order valence-corrected chi connectivity index (χ1v) is 10.5. The highest BCUT2D eigenvalue weighted by Gasteiger charge is 2.13. The third-order valence-electron chi connectivity index (χ3n) is 4.29. The molecule has 7 nitrogen and oxygen atoms in total. The Bertz CT molecular complexity index is 1240. The maximum absolute atomic E-state index is 12.6. The van der Waals surface area contributed by atoms with Crippen LogP contribution < -0.4 is 16.3 Å². The number of carbonyl (C=O) groups is 2. The zero-order valence-electron chi connectivity index (χ0n) is 15.3. The number of aromatic nitrogens is 2. The number of rotatable bonds is 5. The maximum atomic E-state index is 12.6. The first-order valence-electron chi connectivity index (χ1n) is 8.72. The summed E-state index contributed by atoms with van der Waals surface area (Å²) in [6.07, 6.45) is 0. The molecule has 0 aliphatic carbocycles. The molecule has 4 aromatic rings. The van der Waals surface area contributed by atoms with Crippen molar-refractivity contribution in [3.05, 3.63) is 85.4 Å². The topological polar surface area (TPSA) is 93.1 Å². The van der Waals surface area contributed by atoms with Crippen LogP contribution in [0.15, 0.2) is 58.0 Å². The van der Waals surface area contributed by atoms with Crippen LogP contribution in [-0.4, -0.2) is 21.5 Å². The molecular formula is C20H16N4O3S2. The van der Waals surface area contributed by atoms with E-state index in [9.17, 15) is 14.4 Å². The van der Waals surface area contributed by atoms with E-state index >= 15 is 0 Å². The summed E-state index contributed by atoms with van der Waals surface area (Å²) in [6.45, 7) is 2.02. The quantitative estimate of drug-likeness (QED) is 0.515. The van der Waals surface area contributed by atoms with Gasteiger partial charge in [-0.25, -0.2) is 9.66 Å². The summed E-state index contributed by atoms with van der Waals surface area (Å²) in [6, 6.07) is 12.1. The minimum atomic E-state index is -0.416. The normalized spacial score (nSPS) is 10.8. The van der Waals surface area contributed by atoms with E-state index < -0.39 is 5.91 Å². The second kappa shape index (κ2) is 7.98. The lowest BCUT2D eigenvalue weighted by Crippen LogP contribution is -2.35. The SMILES string of the molecule is Cc1nc2sccc2c(=O)n1NC(=O)c1ccc(CNC(=O)c2cccs2)cc1. The van der Waals surface area contributed by atoms with Gasteiger partial charge in [-0.3, -0.25) is 19.8 Å². The molecule has 0 radical (unpaired) electrons. The van der Waals surface area contributed by atoms with Crippen molar-refractivity contribution in [2.75, 3.05) is 5.43 Å². The van der Waals surface area contributed by atoms with Gasteiger partial charge < -0.3 is 5.32 Å². The van der Waals surface area contributed by atoms with Crippen molar-refractivity contribution in [2.45, 2.75) is 13.5 Å². The Labute approximate surface area is 173 Å². The van der Waals surface area contributed by atoms with Gasteiger partial charge in [0.25, 0.3) is 17.4 Å². The Morgan fingerprint density at radius 3 is 2.55 bits per heavy atom. The van der Waals surface area contributed by atoms with Crippen LogP contribution in [0, 0.1) is 6.92 Å². The summed E-state index contributed by atoms with van der Waals surface area (Å²) < 4.78 is 1.16. The Morgan fingerprint density at radius 2 is 1.83 bits per heavy atom. The molecule has 0 bridgehead atoms. The molecule has 1 aromatic carbocycles. The Morgan fingerprint density at radius 1 is 1.03 bits per heavy atom. The number of nitrogens with zero attached hydrogens (tertiary/aromatic N) is 2. The smallest absolute Gasteiger partial charge is 0.281 e. The fourth-order valence-electron chi connectivity index (χ4n) is 2.76. The molecule has 0 unspecified atom stereocenters. The van der Waals surface area contributed by atoms with Crippen LogP contribution in [-0.2, 0) is 6.54 Å². The van der Waals surface area contributed by atoms with Crippen LogP contribution >= 0.6 is 22.7 Å². The second-order valence-corrected chi connectivity index (χ2v) is 8.08. The number of amides is 2. The highest BCUT2D eigenvalue weighted by molar-refractivity contribution is 7.16. The largest absolute Gasteiger partial charge is 0.347 e. The molecule has 29 heavy (non-hydrogen) atoms. The van der Waals surface area contributed by atoms with Crippen LogP contribution in [0.2, 0.25) is 0 Å². The molecule has 3 aromatic heterocycles. The van der Waals surface area contributed by atoms with E-state index in [1.165, 1.54) is 22.7 Å². The molecular weight excluding hydrogens is 408 g/mol. The molecule has 0 aliphatic heterocycles. The molecule has 4 rings (SSSR count). The van der Waals surface area contributed by atoms with Crippen LogP contribution in [0.25, 0.3) is 10.2 Å². The van der Waals surface area contributed by atoms with Crippen LogP contribution in [0.1, 0.15) is 31.4 Å². The number of nitrogens with one attached hydrogen (secondary N) is 2. The van der Waals surface area contributed by atoms with Gasteiger partial charge in [-0.1, -0.05) is 18.2 Å². The minimum Gasteiger partial charge on any atom is -0.347 e. The number of hydrogen-bond donors (Lipinski definition) is 2. The zero-order chi connectivity index (χ0) is 20.4. The number of benzene rings is 1. The van der Waals surface area contributed by atoms with E-state index in [1.807, 2.05) is 11.4 Å². The van der Waals surface area contributed by atoms with Gasteiger partial charge in [0, 0.05) is 12.1 Å². The highest BCUT2D eigenvalue weighted by Crippen LogP contribution is 2.15. The van der Waals surface area contributed by atoms with Gasteiger partial charge in [0.2, 0.25) is 0 Å². The first kappa shape index (κ1) is 19.0. The first-order chi connectivity index (χ1) is 14.0. The van der Waals surface area contributed by atoms with Gasteiger partial charge in [0.05, 0.1) is 10.3 Å². The summed E-state index contributed by atoms with van der Waals surface area (Å²) >= 11 is 2.76. The molecule has 2 amide bonds. The van der Waals surface area contributed by atoms with Gasteiger partial charge >= 0.3 is 0 Å². The molecule has 146 valence electrons. The van der Waals surface area contributed by atoms with E-state index in [-0.39, 0.29) is 11.5 Å². The lowest BCUT2D eigenvalue weighted by Gasteiger charge is -2.11. The Hall–Kier alpha value is -3.30. The van der Waals surface area contributed by atoms with Gasteiger partial charge in [0.1, 0.15) is 10.7 Å². The van der Waals surface area contributed by atoms with E-state index in [0.717, 1.165) is 10.2 Å². The summed E-state index contributed by atoms with van der Waals surface area (Å²) in [4.78, 5) is 42.8. The molecule has 0 atom stereocenters. The molecule has 0 spiro atoms. The molecule has 0 saturated heterocycles. The Kier molecular flexibility index (Phi) is 5.24. The lowest BCUT2D eigenvalue weighted by atomic mass is 10.1. The molecule has 0 fully saturated rings. The number of aryl methyl sites for hydroxylation is 1. The summed E-state index contributed by atoms with van der Waals surface area (Å²) in [5, 5.41) is 6.95. The third-order valence-corrected chi connectivity index (χ3v) is 5.97. The van der Waals surface area contributed by atoms with Crippen LogP contribution in [0.3, 0.4) is 0 Å². The summed E-state index contributed by atoms with van der Waals surface area (Å²) in [7, 11) is 0. The number of hydrogen-bond acceptors (Lipinski definition) is 6. The van der Waals surface area contributed by atoms with Gasteiger partial charge in [-0.2, -0.15) is 0 Å². The second-order valence-electron chi connectivity index (χ2n) is 6.24. The summed E-state index contributed by atoms with van der Waals surface area (Å²) in [5.74, 6) is -0.139. The number of fused-ring (bicyclic) bond motifs is 1. The van der Waals surface area contributed by atoms with Crippen LogP contribution in [0.5, 0.6) is 0 Å². The number of thiophene rings is 2. The van der Waals surface area contributed by atoms with Crippen molar-refractivity contribution in [3.8, 4) is 0 Å². The predicted molar refractivity (Wildman–Crippen MR) is 114 cm³/mol. The molecule has 0 saturated carbocycles. The Balaban J connectivity index is 1.45.